The lowest BCUT2D eigenvalue weighted by Gasteiger charge is -2.30. The number of anilines is 2. The van der Waals surface area contributed by atoms with Crippen LogP contribution in [0, 0.1) is 25.7 Å². The van der Waals surface area contributed by atoms with Crippen LogP contribution in [0.4, 0.5) is 11.4 Å². The van der Waals surface area contributed by atoms with Gasteiger partial charge in [-0.1, -0.05) is 35.9 Å². The van der Waals surface area contributed by atoms with E-state index >= 15 is 0 Å². The number of aromatic nitrogens is 1. The Hall–Kier alpha value is -4.76. The Morgan fingerprint density at radius 2 is 1.76 bits per heavy atom. The molecule has 1 spiro atoms. The van der Waals surface area contributed by atoms with Crippen molar-refractivity contribution in [2.75, 3.05) is 10.2 Å². The van der Waals surface area contributed by atoms with Crippen LogP contribution in [-0.4, -0.2) is 34.7 Å². The lowest BCUT2D eigenvalue weighted by Crippen LogP contribution is -2.53. The van der Waals surface area contributed by atoms with Crippen molar-refractivity contribution in [1.29, 1.82) is 0 Å². The van der Waals surface area contributed by atoms with E-state index in [4.69, 9.17) is 4.74 Å². The number of fused-ring (bicyclic) bond motifs is 5. The Kier molecular flexibility index (Phi) is 5.46. The number of rotatable bonds is 4. The highest BCUT2D eigenvalue weighted by atomic mass is 16.5. The van der Waals surface area contributed by atoms with Gasteiger partial charge in [-0.25, -0.2) is 4.90 Å². The fraction of sp³-hybridized carbons (Fsp3) is 0.250. The maximum atomic E-state index is 14.3. The minimum absolute atomic E-state index is 0.311. The summed E-state index contributed by atoms with van der Waals surface area (Å²) in [6.45, 7) is 5.19. The van der Waals surface area contributed by atoms with E-state index < -0.39 is 35.3 Å². The van der Waals surface area contributed by atoms with Crippen molar-refractivity contribution in [2.24, 2.45) is 11.8 Å². The van der Waals surface area contributed by atoms with Crippen molar-refractivity contribution in [3.63, 3.8) is 0 Å². The predicted molar refractivity (Wildman–Crippen MR) is 152 cm³/mol. The van der Waals surface area contributed by atoms with Crippen LogP contribution in [0.25, 0.3) is 10.9 Å². The SMILES string of the molecule is CC(=O)Oc1ccc(N2C(=O)[C@H]3[C@@H](C2=O)[C@]2(N[C@@H]3Cc3c[nH]c4ccccc34)C(=O)Nc3c(C)cc(C)cc32)cc1. The maximum absolute atomic E-state index is 14.3. The molecule has 206 valence electrons. The average molecular weight is 549 g/mol. The van der Waals surface area contributed by atoms with Gasteiger partial charge in [0.05, 0.1) is 17.5 Å². The highest BCUT2D eigenvalue weighted by Gasteiger charge is 2.70. The Labute approximate surface area is 235 Å². The first kappa shape index (κ1) is 25.2. The van der Waals surface area contributed by atoms with Crippen LogP contribution in [-0.2, 0) is 31.1 Å². The lowest BCUT2D eigenvalue weighted by molar-refractivity contribution is -0.132. The summed E-state index contributed by atoms with van der Waals surface area (Å²) in [7, 11) is 0. The lowest BCUT2D eigenvalue weighted by atomic mass is 9.75. The molecule has 7 rings (SSSR count). The van der Waals surface area contributed by atoms with E-state index in [1.54, 1.807) is 24.3 Å². The molecule has 0 bridgehead atoms. The molecule has 2 saturated heterocycles. The van der Waals surface area contributed by atoms with Gasteiger partial charge in [0.15, 0.2) is 0 Å². The van der Waals surface area contributed by atoms with E-state index in [1.165, 1.54) is 11.8 Å². The van der Waals surface area contributed by atoms with E-state index in [1.807, 2.05) is 56.4 Å². The first-order chi connectivity index (χ1) is 19.7. The van der Waals surface area contributed by atoms with Gasteiger partial charge in [0, 0.05) is 41.3 Å². The summed E-state index contributed by atoms with van der Waals surface area (Å²) in [6.07, 6.45) is 2.37. The van der Waals surface area contributed by atoms with Crippen LogP contribution in [0.3, 0.4) is 0 Å². The van der Waals surface area contributed by atoms with Crippen molar-refractivity contribution in [3.8, 4) is 5.75 Å². The number of nitrogens with zero attached hydrogens (tertiary/aromatic N) is 1. The number of aromatic amines is 1. The van der Waals surface area contributed by atoms with Gasteiger partial charge in [0.25, 0.3) is 0 Å². The summed E-state index contributed by atoms with van der Waals surface area (Å²) in [6, 6.07) is 17.6. The van der Waals surface area contributed by atoms with Crippen LogP contribution in [0.2, 0.25) is 0 Å². The third-order valence-electron chi connectivity index (χ3n) is 8.64. The monoisotopic (exact) mass is 548 g/mol. The van der Waals surface area contributed by atoms with Gasteiger partial charge < -0.3 is 15.0 Å². The quantitative estimate of drug-likeness (QED) is 0.202. The molecule has 3 aromatic carbocycles. The second-order valence-corrected chi connectivity index (χ2v) is 11.2. The van der Waals surface area contributed by atoms with Gasteiger partial charge in [0.1, 0.15) is 11.3 Å². The molecule has 0 saturated carbocycles. The molecular weight excluding hydrogens is 520 g/mol. The molecule has 4 atom stereocenters. The first-order valence-corrected chi connectivity index (χ1v) is 13.6. The van der Waals surface area contributed by atoms with Crippen molar-refractivity contribution in [2.45, 2.75) is 38.8 Å². The molecular formula is C32H28N4O5. The van der Waals surface area contributed by atoms with Gasteiger partial charge in [-0.2, -0.15) is 0 Å². The molecule has 3 aliphatic rings. The minimum Gasteiger partial charge on any atom is -0.427 e. The van der Waals surface area contributed by atoms with Crippen LogP contribution in [0.1, 0.15) is 29.2 Å². The number of benzene rings is 3. The van der Waals surface area contributed by atoms with E-state index in [-0.39, 0.29) is 11.8 Å². The standard InChI is InChI=1S/C32H28N4O5/c1-16-12-17(2)28-23(13-16)32(31(40)34-28)27-26(25(35-32)14-19-15-33-24-7-5-4-6-22(19)24)29(38)36(30(27)39)20-8-10-21(11-9-20)41-18(3)37/h4-13,15,25-27,33,35H,14H2,1-3H3,(H,34,40)/t25-,26-,27+,32+/m1/s1. The Morgan fingerprint density at radius 1 is 1.00 bits per heavy atom. The topological polar surface area (TPSA) is 121 Å². The second kappa shape index (κ2) is 8.87. The molecule has 41 heavy (non-hydrogen) atoms. The van der Waals surface area contributed by atoms with Crippen molar-refractivity contribution in [3.05, 3.63) is 89.1 Å². The molecule has 1 aromatic heterocycles. The number of imide groups is 1. The van der Waals surface area contributed by atoms with E-state index in [0.717, 1.165) is 27.6 Å². The number of ether oxygens (including phenoxy) is 1. The van der Waals surface area contributed by atoms with Crippen molar-refractivity contribution >= 4 is 46.0 Å². The molecule has 9 nitrogen and oxygen atoms in total. The fourth-order valence-corrected chi connectivity index (χ4v) is 7.05. The first-order valence-electron chi connectivity index (χ1n) is 13.6. The van der Waals surface area contributed by atoms with Gasteiger partial charge in [-0.15, -0.1) is 0 Å². The van der Waals surface area contributed by atoms with Crippen molar-refractivity contribution in [1.82, 2.24) is 10.3 Å². The molecule has 9 heteroatoms. The zero-order valence-electron chi connectivity index (χ0n) is 22.8. The zero-order valence-corrected chi connectivity index (χ0v) is 22.8. The van der Waals surface area contributed by atoms with Gasteiger partial charge in [-0.3, -0.25) is 24.5 Å². The zero-order chi connectivity index (χ0) is 28.6. The van der Waals surface area contributed by atoms with E-state index in [0.29, 0.717) is 29.1 Å². The number of aryl methyl sites for hydroxylation is 2. The molecule has 3 amide bonds. The Bertz CT molecular complexity index is 1790. The highest BCUT2D eigenvalue weighted by Crippen LogP contribution is 2.54. The van der Waals surface area contributed by atoms with Crippen molar-refractivity contribution < 1.29 is 23.9 Å². The Balaban J connectivity index is 1.35. The smallest absolute Gasteiger partial charge is 0.308 e. The number of amides is 3. The van der Waals surface area contributed by atoms with Gasteiger partial charge in [0.2, 0.25) is 17.7 Å². The van der Waals surface area contributed by atoms with Crippen LogP contribution >= 0.6 is 0 Å². The number of H-pyrrole nitrogens is 1. The van der Waals surface area contributed by atoms with Crippen LogP contribution in [0.15, 0.2) is 66.9 Å². The predicted octanol–water partition coefficient (Wildman–Crippen LogP) is 3.88. The fourth-order valence-electron chi connectivity index (χ4n) is 7.05. The highest BCUT2D eigenvalue weighted by molar-refractivity contribution is 6.26. The van der Waals surface area contributed by atoms with E-state index in [2.05, 4.69) is 15.6 Å². The number of para-hydroxylation sites is 1. The van der Waals surface area contributed by atoms with Gasteiger partial charge >= 0.3 is 5.97 Å². The maximum Gasteiger partial charge on any atom is 0.308 e. The molecule has 0 radical (unpaired) electrons. The van der Waals surface area contributed by atoms with Crippen LogP contribution in [0.5, 0.6) is 5.75 Å². The number of hydrogen-bond donors (Lipinski definition) is 3. The van der Waals surface area contributed by atoms with Gasteiger partial charge in [-0.05, 0) is 61.7 Å². The number of carbonyl (C=O) groups excluding carboxylic acids is 4. The molecule has 0 unspecified atom stereocenters. The molecule has 0 aliphatic carbocycles. The third-order valence-corrected chi connectivity index (χ3v) is 8.64. The minimum atomic E-state index is -1.40. The van der Waals surface area contributed by atoms with E-state index in [9.17, 15) is 19.2 Å². The average Bonchev–Trinajstić information content (AvgIpc) is 3.64. The summed E-state index contributed by atoms with van der Waals surface area (Å²) in [5.41, 5.74) is 4.19. The third kappa shape index (κ3) is 3.58. The number of hydrogen-bond acceptors (Lipinski definition) is 6. The number of carbonyl (C=O) groups is 4. The number of nitrogens with one attached hydrogen (secondary N) is 3. The molecule has 4 heterocycles. The summed E-state index contributed by atoms with van der Waals surface area (Å²) in [5, 5.41) is 7.60. The normalized spacial score (nSPS) is 24.7. The summed E-state index contributed by atoms with van der Waals surface area (Å²) >= 11 is 0. The molecule has 3 aliphatic heterocycles. The molecule has 4 aromatic rings. The Morgan fingerprint density at radius 3 is 2.51 bits per heavy atom. The summed E-state index contributed by atoms with van der Waals surface area (Å²) < 4.78 is 5.13. The summed E-state index contributed by atoms with van der Waals surface area (Å²) in [4.78, 5) is 58.3. The number of esters is 1. The van der Waals surface area contributed by atoms with Crippen LogP contribution < -0.4 is 20.3 Å². The largest absolute Gasteiger partial charge is 0.427 e. The molecule has 3 N–H and O–H groups in total. The summed E-state index contributed by atoms with van der Waals surface area (Å²) in [5.74, 6) is -3.00. The molecule has 2 fully saturated rings. The second-order valence-electron chi connectivity index (χ2n) is 11.2.